The molecule has 2 bridgehead atoms. The van der Waals surface area contributed by atoms with Crippen LogP contribution in [0.1, 0.15) is 95.8 Å². The molecule has 2 N–H and O–H groups in total. The van der Waals surface area contributed by atoms with Crippen molar-refractivity contribution in [2.75, 3.05) is 20.8 Å². The number of aliphatic hydroxyl groups excluding tert-OH is 1. The average Bonchev–Trinajstić information content (AvgIpc) is 3.80. The van der Waals surface area contributed by atoms with Crippen molar-refractivity contribution < 1.29 is 29.3 Å². The first-order valence-electron chi connectivity index (χ1n) is 21.2. The third-order valence-electron chi connectivity index (χ3n) is 13.4. The van der Waals surface area contributed by atoms with E-state index in [0.717, 1.165) is 56.0 Å². The predicted octanol–water partition coefficient (Wildman–Crippen LogP) is 10.6. The summed E-state index contributed by atoms with van der Waals surface area (Å²) in [6.07, 6.45) is 6.17. The van der Waals surface area contributed by atoms with Crippen LogP contribution < -0.4 is 9.47 Å². The highest BCUT2D eigenvalue weighted by molar-refractivity contribution is 7.21. The molecular formula is C52H55NO6S. The molecule has 0 aliphatic heterocycles. The van der Waals surface area contributed by atoms with E-state index >= 15 is 0 Å². The number of nitrogens with zero attached hydrogens (tertiary/aromatic N) is 1. The van der Waals surface area contributed by atoms with Gasteiger partial charge in [-0.3, -0.25) is 9.59 Å². The van der Waals surface area contributed by atoms with Crippen LogP contribution in [0.15, 0.2) is 121 Å². The van der Waals surface area contributed by atoms with E-state index in [1.165, 1.54) is 16.9 Å². The summed E-state index contributed by atoms with van der Waals surface area (Å²) in [5, 5.41) is 27.7. The molecular weight excluding hydrogens is 767 g/mol. The van der Waals surface area contributed by atoms with Crippen LogP contribution >= 0.6 is 11.3 Å². The second-order valence-electron chi connectivity index (χ2n) is 17.2. The SMILES string of the molecule is COc1ccc(CC(=O)N(Cc2cccc3ccccc23)C[C@]2(O)CC[C@H]3c4ccc(cc4C(=O)c4cc5ccccc5s4)C[C@@H](O)CCC(C)=CCC[C@@]32C)cc1OC. The average molecular weight is 822 g/mol. The van der Waals surface area contributed by atoms with Crippen molar-refractivity contribution >= 4 is 43.9 Å². The van der Waals surface area contributed by atoms with Crippen molar-refractivity contribution in [3.8, 4) is 11.5 Å². The fourth-order valence-electron chi connectivity index (χ4n) is 9.88. The van der Waals surface area contributed by atoms with Gasteiger partial charge in [0.2, 0.25) is 11.7 Å². The summed E-state index contributed by atoms with van der Waals surface area (Å²) in [6.45, 7) is 4.75. The quantitative estimate of drug-likeness (QED) is 0.106. The van der Waals surface area contributed by atoms with Gasteiger partial charge in [-0.2, -0.15) is 0 Å². The number of fused-ring (bicyclic) bond motifs is 10. The van der Waals surface area contributed by atoms with Crippen molar-refractivity contribution in [2.24, 2.45) is 5.41 Å². The van der Waals surface area contributed by atoms with Crippen molar-refractivity contribution in [1.29, 1.82) is 0 Å². The van der Waals surface area contributed by atoms with E-state index in [0.29, 0.717) is 60.6 Å². The number of hydrogen-bond acceptors (Lipinski definition) is 7. The minimum atomic E-state index is -1.29. The number of methoxy groups -OCH3 is 2. The summed E-state index contributed by atoms with van der Waals surface area (Å²) >= 11 is 1.50. The van der Waals surface area contributed by atoms with Crippen molar-refractivity contribution in [3.05, 3.63) is 154 Å². The maximum atomic E-state index is 14.8. The minimum absolute atomic E-state index is 0.0363. The molecule has 7 nitrogen and oxygen atoms in total. The molecule has 5 aromatic carbocycles. The number of benzene rings is 5. The number of rotatable bonds is 10. The van der Waals surface area contributed by atoms with Gasteiger partial charge in [-0.15, -0.1) is 11.3 Å². The van der Waals surface area contributed by atoms with Crippen LogP contribution in [0.25, 0.3) is 20.9 Å². The van der Waals surface area contributed by atoms with Crippen LogP contribution in [0.2, 0.25) is 0 Å². The van der Waals surface area contributed by atoms with E-state index in [1.807, 2.05) is 77.7 Å². The van der Waals surface area contributed by atoms with Gasteiger partial charge in [0.15, 0.2) is 11.5 Å². The number of carbonyl (C=O) groups excluding carboxylic acids is 2. The lowest BCUT2D eigenvalue weighted by molar-refractivity contribution is -0.140. The lowest BCUT2D eigenvalue weighted by atomic mass is 9.64. The number of ether oxygens (including phenoxy) is 2. The number of allylic oxidation sites excluding steroid dienone is 2. The molecule has 310 valence electrons. The van der Waals surface area contributed by atoms with Gasteiger partial charge in [-0.05, 0) is 127 Å². The first-order valence-corrected chi connectivity index (χ1v) is 22.0. The Morgan fingerprint density at radius 1 is 0.850 bits per heavy atom. The van der Waals surface area contributed by atoms with Crippen LogP contribution in [0.4, 0.5) is 0 Å². The molecule has 9 rings (SSSR count). The van der Waals surface area contributed by atoms with Crippen molar-refractivity contribution in [2.45, 2.75) is 89.4 Å². The Morgan fingerprint density at radius 2 is 1.62 bits per heavy atom. The molecule has 1 aromatic heterocycles. The third kappa shape index (κ3) is 8.25. The maximum absolute atomic E-state index is 14.8. The van der Waals surface area contributed by atoms with E-state index in [9.17, 15) is 19.8 Å². The molecule has 1 heterocycles. The molecule has 0 spiro atoms. The molecule has 1 fully saturated rings. The molecule has 3 aliphatic rings. The summed E-state index contributed by atoms with van der Waals surface area (Å²) in [4.78, 5) is 32.1. The normalized spacial score (nSPS) is 21.9. The predicted molar refractivity (Wildman–Crippen MR) is 241 cm³/mol. The van der Waals surface area contributed by atoms with Crippen LogP contribution in [-0.4, -0.2) is 59.3 Å². The topological polar surface area (TPSA) is 96.3 Å². The smallest absolute Gasteiger partial charge is 0.227 e. The van der Waals surface area contributed by atoms with E-state index in [1.54, 1.807) is 14.2 Å². The molecule has 3 aliphatic carbocycles. The van der Waals surface area contributed by atoms with Gasteiger partial charge in [0.05, 0.1) is 43.8 Å². The summed E-state index contributed by atoms with van der Waals surface area (Å²) in [7, 11) is 3.18. The number of ketones is 1. The van der Waals surface area contributed by atoms with E-state index in [4.69, 9.17) is 9.47 Å². The third-order valence-corrected chi connectivity index (χ3v) is 14.5. The summed E-state index contributed by atoms with van der Waals surface area (Å²) in [5.41, 5.74) is 3.48. The first-order chi connectivity index (χ1) is 29.0. The van der Waals surface area contributed by atoms with Gasteiger partial charge >= 0.3 is 0 Å². The van der Waals surface area contributed by atoms with E-state index < -0.39 is 17.1 Å². The van der Waals surface area contributed by atoms with Crippen molar-refractivity contribution in [3.63, 3.8) is 0 Å². The summed E-state index contributed by atoms with van der Waals surface area (Å²) < 4.78 is 12.1. The number of hydrogen-bond donors (Lipinski definition) is 2. The Morgan fingerprint density at radius 3 is 2.42 bits per heavy atom. The van der Waals surface area contributed by atoms with Gasteiger partial charge in [-0.25, -0.2) is 0 Å². The Balaban J connectivity index is 1.21. The van der Waals surface area contributed by atoms with Crippen LogP contribution in [0.5, 0.6) is 11.5 Å². The highest BCUT2D eigenvalue weighted by Gasteiger charge is 2.57. The first kappa shape index (κ1) is 41.5. The highest BCUT2D eigenvalue weighted by Crippen LogP contribution is 2.59. The van der Waals surface area contributed by atoms with Gasteiger partial charge in [0.1, 0.15) is 0 Å². The molecule has 60 heavy (non-hydrogen) atoms. The van der Waals surface area contributed by atoms with Gasteiger partial charge in [0, 0.05) is 22.2 Å². The second-order valence-corrected chi connectivity index (χ2v) is 18.3. The van der Waals surface area contributed by atoms with Crippen molar-refractivity contribution in [1.82, 2.24) is 4.90 Å². The largest absolute Gasteiger partial charge is 0.493 e. The molecule has 0 unspecified atom stereocenters. The molecule has 1 saturated carbocycles. The fraction of sp³-hybridized carbons (Fsp3) is 0.346. The highest BCUT2D eigenvalue weighted by atomic mass is 32.1. The summed E-state index contributed by atoms with van der Waals surface area (Å²) in [5.74, 6) is 0.833. The van der Waals surface area contributed by atoms with Crippen LogP contribution in [0, 0.1) is 5.41 Å². The zero-order chi connectivity index (χ0) is 42.0. The Labute approximate surface area is 357 Å². The van der Waals surface area contributed by atoms with Gasteiger partial charge in [-0.1, -0.05) is 97.4 Å². The standard InChI is InChI=1S/C52H55NO6S/c1-34-11-10-25-51(2)44(42-22-19-35(27-40(54)21-18-34)28-43(42)50(56)48-31-38-13-6-8-17-47(38)60-48)24-26-52(51,57)33-53(32-39-15-9-14-37-12-5-7-16-41(37)39)49(55)30-36-20-23-45(58-3)46(29-36)59-4/h5-9,11-17,19-20,22-23,28-29,31,40,44,54,57H,10,18,21,24-27,30,32-33H2,1-4H3/t40-,44-,51-,52+/m0/s1. The molecule has 0 radical (unpaired) electrons. The van der Waals surface area contributed by atoms with E-state index in [2.05, 4.69) is 56.3 Å². The molecule has 8 heteroatoms. The number of amides is 1. The zero-order valence-electron chi connectivity index (χ0n) is 35.1. The van der Waals surface area contributed by atoms with E-state index in [-0.39, 0.29) is 30.6 Å². The minimum Gasteiger partial charge on any atom is -0.493 e. The van der Waals surface area contributed by atoms with Crippen LogP contribution in [0.3, 0.4) is 0 Å². The molecule has 6 aromatic rings. The lowest BCUT2D eigenvalue weighted by Gasteiger charge is -2.46. The Hall–Kier alpha value is -5.28. The Bertz CT molecular complexity index is 2540. The molecule has 4 atom stereocenters. The van der Waals surface area contributed by atoms with Gasteiger partial charge < -0.3 is 24.6 Å². The number of aliphatic hydroxyl groups is 2. The Kier molecular flexibility index (Phi) is 12.0. The zero-order valence-corrected chi connectivity index (χ0v) is 35.9. The summed E-state index contributed by atoms with van der Waals surface area (Å²) in [6, 6.07) is 36.1. The number of carbonyl (C=O) groups is 2. The number of thiophene rings is 1. The fourth-order valence-corrected chi connectivity index (χ4v) is 10.9. The van der Waals surface area contributed by atoms with Gasteiger partial charge in [0.25, 0.3) is 0 Å². The second kappa shape index (κ2) is 17.4. The monoisotopic (exact) mass is 821 g/mol. The lowest BCUT2D eigenvalue weighted by Crippen LogP contribution is -2.53. The maximum Gasteiger partial charge on any atom is 0.227 e. The molecule has 0 saturated heterocycles. The molecule has 1 amide bonds. The van der Waals surface area contributed by atoms with Crippen LogP contribution in [-0.2, 0) is 24.2 Å².